The average molecular weight is 333 g/mol. The number of nitrogens with one attached hydrogen (secondary N) is 1. The molecule has 0 aromatic carbocycles. The summed E-state index contributed by atoms with van der Waals surface area (Å²) in [7, 11) is -3.14. The van der Waals surface area contributed by atoms with Gasteiger partial charge in [-0.3, -0.25) is 0 Å². The maximum atomic E-state index is 12.4. The van der Waals surface area contributed by atoms with Gasteiger partial charge in [0, 0.05) is 19.6 Å². The van der Waals surface area contributed by atoms with Crippen LogP contribution in [-0.4, -0.2) is 49.5 Å². The summed E-state index contributed by atoms with van der Waals surface area (Å²) in [4.78, 5) is 14.0. The molecule has 1 aliphatic rings. The van der Waals surface area contributed by atoms with E-state index in [0.717, 1.165) is 19.3 Å². The number of hydrogen-bond donors (Lipinski definition) is 1. The Balaban J connectivity index is 2.68. The minimum atomic E-state index is -3.14. The van der Waals surface area contributed by atoms with Crippen molar-refractivity contribution in [1.29, 1.82) is 0 Å². The highest BCUT2D eigenvalue weighted by Crippen LogP contribution is 2.29. The molecule has 1 fully saturated rings. The Morgan fingerprint density at radius 2 is 1.68 bits per heavy atom. The SMILES string of the molecule is CCC(CC)(CC)CNC(=O)N1CCC(C)(C)S(=O)(=O)CC1. The standard InChI is InChI=1S/C16H32N2O3S/c1-6-16(7-2,8-3)13-17-14(19)18-10-9-15(4,5)22(20,21)12-11-18/h6-13H2,1-5H3,(H,17,19). The fraction of sp³-hybridized carbons (Fsp3) is 0.938. The van der Waals surface area contributed by atoms with E-state index in [4.69, 9.17) is 0 Å². The van der Waals surface area contributed by atoms with Gasteiger partial charge in [-0.25, -0.2) is 13.2 Å². The van der Waals surface area contributed by atoms with E-state index in [1.165, 1.54) is 0 Å². The molecule has 1 rings (SSSR count). The van der Waals surface area contributed by atoms with Crippen molar-refractivity contribution in [2.45, 2.75) is 65.0 Å². The monoisotopic (exact) mass is 332 g/mol. The number of urea groups is 1. The smallest absolute Gasteiger partial charge is 0.317 e. The van der Waals surface area contributed by atoms with E-state index in [1.54, 1.807) is 18.7 Å². The Kier molecular flexibility index (Phi) is 6.30. The van der Waals surface area contributed by atoms with E-state index in [1.807, 2.05) is 0 Å². The van der Waals surface area contributed by atoms with Crippen LogP contribution < -0.4 is 5.32 Å². The molecule has 1 heterocycles. The molecule has 0 atom stereocenters. The Labute approximate surface area is 135 Å². The van der Waals surface area contributed by atoms with Crippen LogP contribution in [0.5, 0.6) is 0 Å². The van der Waals surface area contributed by atoms with Crippen molar-refractivity contribution < 1.29 is 13.2 Å². The van der Waals surface area contributed by atoms with E-state index >= 15 is 0 Å². The lowest BCUT2D eigenvalue weighted by molar-refractivity contribution is 0.184. The summed E-state index contributed by atoms with van der Waals surface area (Å²) in [6, 6.07) is -0.132. The molecule has 0 unspecified atom stereocenters. The Bertz CT molecular complexity index is 473. The van der Waals surface area contributed by atoms with E-state index in [2.05, 4.69) is 26.1 Å². The predicted octanol–water partition coefficient (Wildman–Crippen LogP) is 2.81. The fourth-order valence-corrected chi connectivity index (χ4v) is 4.30. The van der Waals surface area contributed by atoms with Crippen LogP contribution in [0.2, 0.25) is 0 Å². The molecule has 1 aliphatic heterocycles. The van der Waals surface area contributed by atoms with Crippen molar-refractivity contribution in [3.8, 4) is 0 Å². The molecule has 6 heteroatoms. The zero-order valence-electron chi connectivity index (χ0n) is 14.7. The van der Waals surface area contributed by atoms with Crippen LogP contribution in [0.15, 0.2) is 0 Å². The van der Waals surface area contributed by atoms with Crippen LogP contribution in [0.25, 0.3) is 0 Å². The maximum absolute atomic E-state index is 12.4. The van der Waals surface area contributed by atoms with E-state index in [0.29, 0.717) is 19.5 Å². The third-order valence-corrected chi connectivity index (χ3v) is 8.22. The first-order chi connectivity index (χ1) is 10.1. The summed E-state index contributed by atoms with van der Waals surface area (Å²) in [5.41, 5.74) is 0.146. The normalized spacial score (nSPS) is 21.2. The van der Waals surface area contributed by atoms with Crippen molar-refractivity contribution in [3.63, 3.8) is 0 Å². The molecule has 0 radical (unpaired) electrons. The lowest BCUT2D eigenvalue weighted by Gasteiger charge is -2.32. The molecule has 130 valence electrons. The molecule has 22 heavy (non-hydrogen) atoms. The molecule has 0 saturated carbocycles. The second-order valence-corrected chi connectivity index (χ2v) is 9.78. The topological polar surface area (TPSA) is 66.5 Å². The summed E-state index contributed by atoms with van der Waals surface area (Å²) in [6.07, 6.45) is 3.58. The Hall–Kier alpha value is -0.780. The van der Waals surface area contributed by atoms with Crippen molar-refractivity contribution in [2.24, 2.45) is 5.41 Å². The summed E-state index contributed by atoms with van der Waals surface area (Å²) < 4.78 is 23.6. The van der Waals surface area contributed by atoms with Crippen LogP contribution in [0.3, 0.4) is 0 Å². The number of carbonyl (C=O) groups excluding carboxylic acids is 1. The van der Waals surface area contributed by atoms with Crippen molar-refractivity contribution in [1.82, 2.24) is 10.2 Å². The molecule has 0 spiro atoms. The molecule has 1 saturated heterocycles. The molecular formula is C16H32N2O3S. The van der Waals surface area contributed by atoms with Crippen LogP contribution in [-0.2, 0) is 9.84 Å². The second kappa shape index (κ2) is 7.20. The summed E-state index contributed by atoms with van der Waals surface area (Å²) in [5.74, 6) is 0.0495. The summed E-state index contributed by atoms with van der Waals surface area (Å²) in [5, 5.41) is 3.02. The van der Waals surface area contributed by atoms with Gasteiger partial charge in [0.15, 0.2) is 9.84 Å². The Morgan fingerprint density at radius 3 is 2.18 bits per heavy atom. The molecule has 0 aromatic heterocycles. The number of nitrogens with zero attached hydrogens (tertiary/aromatic N) is 1. The van der Waals surface area contributed by atoms with Gasteiger partial charge in [-0.2, -0.15) is 0 Å². The minimum Gasteiger partial charge on any atom is -0.337 e. The van der Waals surface area contributed by atoms with Gasteiger partial charge in [0.25, 0.3) is 0 Å². The number of rotatable bonds is 5. The van der Waals surface area contributed by atoms with Gasteiger partial charge in [0.05, 0.1) is 10.5 Å². The highest BCUT2D eigenvalue weighted by atomic mass is 32.2. The van der Waals surface area contributed by atoms with Crippen molar-refractivity contribution in [2.75, 3.05) is 25.4 Å². The van der Waals surface area contributed by atoms with E-state index in [-0.39, 0.29) is 23.7 Å². The molecular weight excluding hydrogens is 300 g/mol. The Morgan fingerprint density at radius 1 is 1.14 bits per heavy atom. The van der Waals surface area contributed by atoms with Crippen LogP contribution >= 0.6 is 0 Å². The number of hydrogen-bond acceptors (Lipinski definition) is 3. The van der Waals surface area contributed by atoms with Gasteiger partial charge in [-0.15, -0.1) is 0 Å². The van der Waals surface area contributed by atoms with Crippen LogP contribution in [0, 0.1) is 5.41 Å². The largest absolute Gasteiger partial charge is 0.337 e. The fourth-order valence-electron chi connectivity index (χ4n) is 2.88. The van der Waals surface area contributed by atoms with Gasteiger partial charge in [0.2, 0.25) is 0 Å². The molecule has 0 bridgehead atoms. The van der Waals surface area contributed by atoms with Gasteiger partial charge >= 0.3 is 6.03 Å². The van der Waals surface area contributed by atoms with Gasteiger partial charge in [0.1, 0.15) is 0 Å². The highest BCUT2D eigenvalue weighted by molar-refractivity contribution is 7.92. The molecule has 5 nitrogen and oxygen atoms in total. The first-order valence-corrected chi connectivity index (χ1v) is 10.0. The van der Waals surface area contributed by atoms with Crippen molar-refractivity contribution in [3.05, 3.63) is 0 Å². The second-order valence-electron chi connectivity index (χ2n) is 7.03. The zero-order chi connectivity index (χ0) is 17.0. The molecule has 1 N–H and O–H groups in total. The first-order valence-electron chi connectivity index (χ1n) is 8.38. The van der Waals surface area contributed by atoms with E-state index < -0.39 is 14.6 Å². The van der Waals surface area contributed by atoms with Crippen LogP contribution in [0.1, 0.15) is 60.3 Å². The molecule has 0 aromatic rings. The van der Waals surface area contributed by atoms with Gasteiger partial charge < -0.3 is 10.2 Å². The lowest BCUT2D eigenvalue weighted by atomic mass is 9.80. The first kappa shape index (κ1) is 19.3. The van der Waals surface area contributed by atoms with Gasteiger partial charge in [-0.05, 0) is 44.9 Å². The van der Waals surface area contributed by atoms with Gasteiger partial charge in [-0.1, -0.05) is 20.8 Å². The number of carbonyl (C=O) groups is 1. The van der Waals surface area contributed by atoms with E-state index in [9.17, 15) is 13.2 Å². The van der Waals surface area contributed by atoms with Crippen LogP contribution in [0.4, 0.5) is 4.79 Å². The highest BCUT2D eigenvalue weighted by Gasteiger charge is 2.38. The summed E-state index contributed by atoms with van der Waals surface area (Å²) in [6.45, 7) is 11.4. The minimum absolute atomic E-state index is 0.0495. The van der Waals surface area contributed by atoms with Crippen molar-refractivity contribution >= 4 is 15.9 Å². The summed E-state index contributed by atoms with van der Waals surface area (Å²) >= 11 is 0. The lowest BCUT2D eigenvalue weighted by Crippen LogP contribution is -2.45. The maximum Gasteiger partial charge on any atom is 0.317 e. The predicted molar refractivity (Wildman–Crippen MR) is 90.8 cm³/mol. The third kappa shape index (κ3) is 4.15. The third-order valence-electron chi connectivity index (χ3n) is 5.61. The zero-order valence-corrected chi connectivity index (χ0v) is 15.6. The molecule has 2 amide bonds. The quantitative estimate of drug-likeness (QED) is 0.842. The average Bonchev–Trinajstić information content (AvgIpc) is 2.58. The number of amides is 2. The molecule has 0 aliphatic carbocycles. The number of sulfone groups is 1.